The Morgan fingerprint density at radius 3 is 2.38 bits per heavy atom. The highest BCUT2D eigenvalue weighted by atomic mass is 19.4. The summed E-state index contributed by atoms with van der Waals surface area (Å²) in [6.45, 7) is 0.294. The molecule has 4 nitrogen and oxygen atoms in total. The van der Waals surface area contributed by atoms with Gasteiger partial charge in [-0.2, -0.15) is 13.2 Å². The molecule has 0 spiro atoms. The number of ether oxygens (including phenoxy) is 1. The van der Waals surface area contributed by atoms with Crippen molar-refractivity contribution in [3.63, 3.8) is 0 Å². The van der Waals surface area contributed by atoms with E-state index in [4.69, 9.17) is 0 Å². The minimum absolute atomic E-state index is 0.0347. The maximum absolute atomic E-state index is 12.2. The van der Waals surface area contributed by atoms with E-state index in [0.29, 0.717) is 23.2 Å². The summed E-state index contributed by atoms with van der Waals surface area (Å²) < 4.78 is 41.2. The van der Waals surface area contributed by atoms with Crippen LogP contribution in [-0.2, 0) is 0 Å². The van der Waals surface area contributed by atoms with Gasteiger partial charge in [0.2, 0.25) is 0 Å². The molecule has 0 aliphatic heterocycles. The first kappa shape index (κ1) is 15.0. The molecule has 2 rings (SSSR count). The Labute approximate surface area is 118 Å². The second-order valence-corrected chi connectivity index (χ2v) is 4.33. The summed E-state index contributed by atoms with van der Waals surface area (Å²) in [6.07, 6.45) is -0.844. The molecule has 0 radical (unpaired) electrons. The number of aryl methyl sites for hydroxylation is 1. The quantitative estimate of drug-likeness (QED) is 0.813. The van der Waals surface area contributed by atoms with Crippen molar-refractivity contribution in [2.24, 2.45) is 0 Å². The van der Waals surface area contributed by atoms with E-state index in [1.807, 2.05) is 0 Å². The first-order valence-electron chi connectivity index (χ1n) is 5.96. The number of carbonyl (C=O) groups excluding carboxylic acids is 1. The predicted molar refractivity (Wildman–Crippen MR) is 69.1 cm³/mol. The van der Waals surface area contributed by atoms with Crippen molar-refractivity contribution in [1.82, 2.24) is 9.97 Å². The molecule has 0 N–H and O–H groups in total. The summed E-state index contributed by atoms with van der Waals surface area (Å²) in [4.78, 5) is 18.9. The normalized spacial score (nSPS) is 11.2. The number of alkyl halides is 3. The average Bonchev–Trinajstić information content (AvgIpc) is 2.45. The summed E-state index contributed by atoms with van der Waals surface area (Å²) in [5.41, 5.74) is 1.31. The molecule has 0 aliphatic carbocycles. The fourth-order valence-corrected chi connectivity index (χ4v) is 1.65. The molecule has 0 saturated heterocycles. The van der Waals surface area contributed by atoms with Crippen molar-refractivity contribution in [2.75, 3.05) is 6.61 Å². The maximum atomic E-state index is 12.2. The van der Waals surface area contributed by atoms with Gasteiger partial charge in [-0.1, -0.05) is 0 Å². The third-order valence-corrected chi connectivity index (χ3v) is 2.58. The van der Waals surface area contributed by atoms with Crippen molar-refractivity contribution in [3.8, 4) is 16.9 Å². The highest BCUT2D eigenvalue weighted by Crippen LogP contribution is 2.26. The van der Waals surface area contributed by atoms with Crippen LogP contribution in [0.3, 0.4) is 0 Å². The third-order valence-electron chi connectivity index (χ3n) is 2.58. The van der Waals surface area contributed by atoms with Crippen molar-refractivity contribution < 1.29 is 22.7 Å². The number of halogens is 3. The number of aldehydes is 1. The van der Waals surface area contributed by atoms with Gasteiger partial charge >= 0.3 is 6.18 Å². The van der Waals surface area contributed by atoms with Crippen molar-refractivity contribution in [1.29, 1.82) is 0 Å². The number of rotatable bonds is 4. The van der Waals surface area contributed by atoms with Crippen molar-refractivity contribution in [3.05, 3.63) is 42.0 Å². The molecular weight excluding hydrogens is 285 g/mol. The average molecular weight is 296 g/mol. The van der Waals surface area contributed by atoms with Gasteiger partial charge in [0.25, 0.3) is 0 Å². The summed E-state index contributed by atoms with van der Waals surface area (Å²) in [5, 5.41) is 0. The number of benzene rings is 1. The summed E-state index contributed by atoms with van der Waals surface area (Å²) in [6, 6.07) is 4.19. The Morgan fingerprint density at radius 2 is 1.81 bits per heavy atom. The molecule has 7 heteroatoms. The second kappa shape index (κ2) is 5.90. The van der Waals surface area contributed by atoms with E-state index in [9.17, 15) is 18.0 Å². The fourth-order valence-electron chi connectivity index (χ4n) is 1.65. The van der Waals surface area contributed by atoms with Gasteiger partial charge in [0, 0.05) is 23.5 Å². The lowest BCUT2D eigenvalue weighted by Crippen LogP contribution is -2.19. The lowest BCUT2D eigenvalue weighted by molar-refractivity contribution is -0.153. The molecule has 0 fully saturated rings. The standard InChI is InChI=1S/C14H11F3N2O2/c1-9-18-5-12(6-19-9)11-2-10(7-20)3-13(4-11)21-8-14(15,16)17/h2-7H,8H2,1H3. The summed E-state index contributed by atoms with van der Waals surface area (Å²) in [7, 11) is 0. The molecular formula is C14H11F3N2O2. The lowest BCUT2D eigenvalue weighted by Gasteiger charge is -2.11. The molecule has 0 aliphatic rings. The van der Waals surface area contributed by atoms with Crippen LogP contribution in [0.5, 0.6) is 5.75 Å². The summed E-state index contributed by atoms with van der Waals surface area (Å²) >= 11 is 0. The fraction of sp³-hybridized carbons (Fsp3) is 0.214. The Balaban J connectivity index is 2.33. The van der Waals surface area contributed by atoms with E-state index in [-0.39, 0.29) is 11.3 Å². The molecule has 21 heavy (non-hydrogen) atoms. The number of aromatic nitrogens is 2. The van der Waals surface area contributed by atoms with Crippen LogP contribution in [0.25, 0.3) is 11.1 Å². The minimum Gasteiger partial charge on any atom is -0.484 e. The smallest absolute Gasteiger partial charge is 0.422 e. The number of hydrogen-bond acceptors (Lipinski definition) is 4. The Morgan fingerprint density at radius 1 is 1.14 bits per heavy atom. The molecule has 110 valence electrons. The highest BCUT2D eigenvalue weighted by Gasteiger charge is 2.28. The van der Waals surface area contributed by atoms with Crippen molar-refractivity contribution in [2.45, 2.75) is 13.1 Å². The first-order valence-corrected chi connectivity index (χ1v) is 5.96. The maximum Gasteiger partial charge on any atom is 0.422 e. The van der Waals surface area contributed by atoms with E-state index in [0.717, 1.165) is 0 Å². The van der Waals surface area contributed by atoms with E-state index in [1.54, 1.807) is 6.92 Å². The highest BCUT2D eigenvalue weighted by molar-refractivity contribution is 5.80. The molecule has 1 aromatic heterocycles. The molecule has 0 bridgehead atoms. The van der Waals surface area contributed by atoms with Crippen LogP contribution >= 0.6 is 0 Å². The van der Waals surface area contributed by atoms with Crippen LogP contribution in [-0.4, -0.2) is 29.0 Å². The van der Waals surface area contributed by atoms with Crippen LogP contribution < -0.4 is 4.74 Å². The Hall–Kier alpha value is -2.44. The molecule has 0 atom stereocenters. The third kappa shape index (κ3) is 4.27. The second-order valence-electron chi connectivity index (χ2n) is 4.33. The molecule has 1 heterocycles. The number of carbonyl (C=O) groups is 1. The SMILES string of the molecule is Cc1ncc(-c2cc(C=O)cc(OCC(F)(F)F)c2)cn1. The zero-order valence-electron chi connectivity index (χ0n) is 11.0. The van der Waals surface area contributed by atoms with Crippen molar-refractivity contribution >= 4 is 6.29 Å². The number of hydrogen-bond donors (Lipinski definition) is 0. The summed E-state index contributed by atoms with van der Waals surface area (Å²) in [5.74, 6) is 0.534. The van der Waals surface area contributed by atoms with E-state index in [1.165, 1.54) is 30.6 Å². The lowest BCUT2D eigenvalue weighted by atomic mass is 10.1. The first-order chi connectivity index (χ1) is 9.87. The van der Waals surface area contributed by atoms with Gasteiger partial charge in [-0.05, 0) is 30.7 Å². The van der Waals surface area contributed by atoms with Crippen LogP contribution in [0, 0.1) is 6.92 Å². The Bertz CT molecular complexity index is 640. The van der Waals surface area contributed by atoms with E-state index in [2.05, 4.69) is 14.7 Å². The van der Waals surface area contributed by atoms with Gasteiger partial charge in [0.05, 0.1) is 0 Å². The number of nitrogens with zero attached hydrogens (tertiary/aromatic N) is 2. The molecule has 0 saturated carbocycles. The van der Waals surface area contributed by atoms with Gasteiger partial charge < -0.3 is 4.74 Å². The zero-order chi connectivity index (χ0) is 15.5. The van der Waals surface area contributed by atoms with Crippen LogP contribution in [0.4, 0.5) is 13.2 Å². The van der Waals surface area contributed by atoms with Crippen LogP contribution in [0.1, 0.15) is 16.2 Å². The van der Waals surface area contributed by atoms with Gasteiger partial charge in [-0.15, -0.1) is 0 Å². The predicted octanol–water partition coefficient (Wildman–Crippen LogP) is 3.21. The van der Waals surface area contributed by atoms with Crippen LogP contribution in [0.15, 0.2) is 30.6 Å². The topological polar surface area (TPSA) is 52.1 Å². The minimum atomic E-state index is -4.44. The van der Waals surface area contributed by atoms with Gasteiger partial charge in [0.15, 0.2) is 6.61 Å². The molecule has 0 unspecified atom stereocenters. The zero-order valence-corrected chi connectivity index (χ0v) is 11.0. The van der Waals surface area contributed by atoms with Crippen LogP contribution in [0.2, 0.25) is 0 Å². The van der Waals surface area contributed by atoms with Gasteiger partial charge in [-0.3, -0.25) is 4.79 Å². The van der Waals surface area contributed by atoms with Gasteiger partial charge in [0.1, 0.15) is 17.9 Å². The van der Waals surface area contributed by atoms with E-state index >= 15 is 0 Å². The molecule has 1 aromatic carbocycles. The van der Waals surface area contributed by atoms with E-state index < -0.39 is 12.8 Å². The molecule has 2 aromatic rings. The molecule has 0 amide bonds. The Kier molecular flexibility index (Phi) is 4.21. The van der Waals surface area contributed by atoms with Gasteiger partial charge in [-0.25, -0.2) is 9.97 Å². The monoisotopic (exact) mass is 296 g/mol. The largest absolute Gasteiger partial charge is 0.484 e.